The molecule has 2 rings (SSSR count). The first kappa shape index (κ1) is 17.0. The minimum Gasteiger partial charge on any atom is -0.492 e. The van der Waals surface area contributed by atoms with Crippen molar-refractivity contribution in [3.63, 3.8) is 0 Å². The number of nitrogens with zero attached hydrogens (tertiary/aromatic N) is 1. The van der Waals surface area contributed by atoms with Gasteiger partial charge in [0, 0.05) is 25.8 Å². The number of β-amino-alcohol motifs (C(OH)–C–C–N with tert-alkyl or cyclic N) is 1. The van der Waals surface area contributed by atoms with Crippen LogP contribution in [0.3, 0.4) is 0 Å². The van der Waals surface area contributed by atoms with Crippen molar-refractivity contribution in [2.24, 2.45) is 5.73 Å². The molecular weight excluding hydrogens is 308 g/mol. The van der Waals surface area contributed by atoms with Gasteiger partial charge in [0.15, 0.2) is 0 Å². The van der Waals surface area contributed by atoms with Gasteiger partial charge in [-0.3, -0.25) is 4.79 Å². The van der Waals surface area contributed by atoms with Crippen molar-refractivity contribution in [3.8, 4) is 5.75 Å². The van der Waals surface area contributed by atoms with Crippen molar-refractivity contribution < 1.29 is 19.4 Å². The molecule has 1 aromatic carbocycles. The third-order valence-electron chi connectivity index (χ3n) is 3.61. The van der Waals surface area contributed by atoms with Crippen LogP contribution in [0.1, 0.15) is 16.8 Å². The first-order valence-electron chi connectivity index (χ1n) is 7.19. The molecule has 0 radical (unpaired) electrons. The zero-order valence-electron chi connectivity index (χ0n) is 12.5. The van der Waals surface area contributed by atoms with Crippen LogP contribution >= 0.6 is 11.6 Å². The highest BCUT2D eigenvalue weighted by molar-refractivity contribution is 6.32. The highest BCUT2D eigenvalue weighted by atomic mass is 35.5. The molecule has 22 heavy (non-hydrogen) atoms. The van der Waals surface area contributed by atoms with Crippen molar-refractivity contribution in [1.82, 2.24) is 4.90 Å². The van der Waals surface area contributed by atoms with Gasteiger partial charge in [0.25, 0.3) is 5.91 Å². The van der Waals surface area contributed by atoms with E-state index >= 15 is 0 Å². The summed E-state index contributed by atoms with van der Waals surface area (Å²) in [6.07, 6.45) is -0.275. The van der Waals surface area contributed by atoms with Crippen LogP contribution in [0.4, 0.5) is 0 Å². The number of carbonyl (C=O) groups excluding carboxylic acids is 1. The van der Waals surface area contributed by atoms with E-state index in [2.05, 4.69) is 0 Å². The van der Waals surface area contributed by atoms with E-state index in [1.165, 1.54) is 7.11 Å². The number of halogens is 1. The van der Waals surface area contributed by atoms with Gasteiger partial charge >= 0.3 is 0 Å². The van der Waals surface area contributed by atoms with Gasteiger partial charge in [-0.05, 0) is 31.2 Å². The Morgan fingerprint density at radius 1 is 1.50 bits per heavy atom. The number of hydrogen-bond donors (Lipinski definition) is 2. The van der Waals surface area contributed by atoms with E-state index in [1.807, 2.05) is 0 Å². The quantitative estimate of drug-likeness (QED) is 0.758. The fourth-order valence-corrected chi connectivity index (χ4v) is 2.59. The number of aliphatic hydroxyl groups excluding tert-OH is 1. The van der Waals surface area contributed by atoms with Crippen LogP contribution in [0, 0.1) is 0 Å². The largest absolute Gasteiger partial charge is 0.492 e. The van der Waals surface area contributed by atoms with Crippen molar-refractivity contribution in [1.29, 1.82) is 0 Å². The molecule has 7 heteroatoms. The predicted molar refractivity (Wildman–Crippen MR) is 83.3 cm³/mol. The van der Waals surface area contributed by atoms with Crippen LogP contribution in [0.25, 0.3) is 0 Å². The molecule has 1 amide bonds. The second-order valence-corrected chi connectivity index (χ2v) is 5.59. The van der Waals surface area contributed by atoms with Crippen LogP contribution in [0.15, 0.2) is 18.2 Å². The van der Waals surface area contributed by atoms with E-state index < -0.39 is 6.10 Å². The Hall–Kier alpha value is -1.34. The van der Waals surface area contributed by atoms with Crippen LogP contribution in [-0.4, -0.2) is 61.5 Å². The molecule has 0 spiro atoms. The number of likely N-dealkylation sites (tertiary alicyclic amines) is 1. The van der Waals surface area contributed by atoms with Gasteiger partial charge in [0.1, 0.15) is 11.9 Å². The van der Waals surface area contributed by atoms with E-state index in [9.17, 15) is 9.90 Å². The van der Waals surface area contributed by atoms with E-state index in [0.717, 1.165) is 6.42 Å². The van der Waals surface area contributed by atoms with Crippen LogP contribution < -0.4 is 10.5 Å². The van der Waals surface area contributed by atoms with Crippen molar-refractivity contribution in [2.75, 3.05) is 33.4 Å². The summed E-state index contributed by atoms with van der Waals surface area (Å²) in [5.41, 5.74) is 5.86. The SMILES string of the molecule is CO[C@H]1CN(C(=O)c2ccc(OCCCN)c(Cl)c2)C[C@@H]1O. The second-order valence-electron chi connectivity index (χ2n) is 5.19. The topological polar surface area (TPSA) is 85.0 Å². The molecule has 6 nitrogen and oxygen atoms in total. The van der Waals surface area contributed by atoms with E-state index in [-0.39, 0.29) is 18.6 Å². The molecule has 0 unspecified atom stereocenters. The summed E-state index contributed by atoms with van der Waals surface area (Å²) in [4.78, 5) is 14.0. The lowest BCUT2D eigenvalue weighted by molar-refractivity contribution is 0.0215. The third kappa shape index (κ3) is 3.89. The van der Waals surface area contributed by atoms with Gasteiger partial charge < -0.3 is 25.2 Å². The zero-order chi connectivity index (χ0) is 16.1. The zero-order valence-corrected chi connectivity index (χ0v) is 13.3. The number of methoxy groups -OCH3 is 1. The number of rotatable bonds is 6. The number of benzene rings is 1. The molecule has 0 aliphatic carbocycles. The Balaban J connectivity index is 2.03. The average Bonchev–Trinajstić information content (AvgIpc) is 2.89. The number of amides is 1. The minimum absolute atomic E-state index is 0.186. The normalized spacial score (nSPS) is 21.2. The maximum Gasteiger partial charge on any atom is 0.254 e. The van der Waals surface area contributed by atoms with Crippen LogP contribution in [-0.2, 0) is 4.74 Å². The third-order valence-corrected chi connectivity index (χ3v) is 3.91. The maximum atomic E-state index is 12.4. The lowest BCUT2D eigenvalue weighted by atomic mass is 10.2. The van der Waals surface area contributed by atoms with Gasteiger partial charge in [-0.25, -0.2) is 0 Å². The van der Waals surface area contributed by atoms with E-state index in [0.29, 0.717) is 36.0 Å². The highest BCUT2D eigenvalue weighted by Gasteiger charge is 2.34. The Bertz CT molecular complexity index is 526. The lowest BCUT2D eigenvalue weighted by Crippen LogP contribution is -2.30. The number of hydrogen-bond acceptors (Lipinski definition) is 5. The Morgan fingerprint density at radius 2 is 2.27 bits per heavy atom. The number of aliphatic hydroxyl groups is 1. The summed E-state index contributed by atoms with van der Waals surface area (Å²) < 4.78 is 10.6. The summed E-state index contributed by atoms with van der Waals surface area (Å²) in [6.45, 7) is 1.65. The maximum absolute atomic E-state index is 12.4. The van der Waals surface area contributed by atoms with Gasteiger partial charge in [-0.2, -0.15) is 0 Å². The second kappa shape index (κ2) is 7.78. The van der Waals surface area contributed by atoms with Crippen LogP contribution in [0.5, 0.6) is 5.75 Å². The average molecular weight is 329 g/mol. The summed E-state index contributed by atoms with van der Waals surface area (Å²) in [6, 6.07) is 4.92. The molecule has 1 aliphatic heterocycles. The summed E-state index contributed by atoms with van der Waals surface area (Å²) in [7, 11) is 1.52. The predicted octanol–water partition coefficient (Wildman–Crippen LogP) is 0.899. The molecule has 1 aliphatic rings. The Labute approximate surface area is 134 Å². The summed E-state index contributed by atoms with van der Waals surface area (Å²) in [5, 5.41) is 10.2. The Morgan fingerprint density at radius 3 is 2.86 bits per heavy atom. The number of carbonyl (C=O) groups is 1. The van der Waals surface area contributed by atoms with Crippen molar-refractivity contribution in [2.45, 2.75) is 18.6 Å². The molecular formula is C15H21ClN2O4. The van der Waals surface area contributed by atoms with Crippen molar-refractivity contribution >= 4 is 17.5 Å². The monoisotopic (exact) mass is 328 g/mol. The molecule has 1 saturated heterocycles. The smallest absolute Gasteiger partial charge is 0.254 e. The van der Waals surface area contributed by atoms with Crippen molar-refractivity contribution in [3.05, 3.63) is 28.8 Å². The molecule has 2 atom stereocenters. The first-order chi connectivity index (χ1) is 10.6. The van der Waals surface area contributed by atoms with Gasteiger partial charge in [-0.15, -0.1) is 0 Å². The molecule has 0 saturated carbocycles. The number of nitrogens with two attached hydrogens (primary N) is 1. The van der Waals surface area contributed by atoms with Gasteiger partial charge in [-0.1, -0.05) is 11.6 Å². The fraction of sp³-hybridized carbons (Fsp3) is 0.533. The molecule has 0 bridgehead atoms. The molecule has 122 valence electrons. The van der Waals surface area contributed by atoms with Gasteiger partial charge in [0.05, 0.1) is 17.7 Å². The molecule has 1 aromatic rings. The molecule has 0 aromatic heterocycles. The molecule has 3 N–H and O–H groups in total. The standard InChI is InChI=1S/C15H21ClN2O4/c1-21-14-9-18(8-12(14)19)15(20)10-3-4-13(11(16)7-10)22-6-2-5-17/h3-4,7,12,14,19H,2,5-6,8-9,17H2,1H3/t12-,14-/m0/s1. The fourth-order valence-electron chi connectivity index (χ4n) is 2.35. The van der Waals surface area contributed by atoms with Crippen LogP contribution in [0.2, 0.25) is 5.02 Å². The molecule has 1 heterocycles. The van der Waals surface area contributed by atoms with E-state index in [1.54, 1.807) is 23.1 Å². The highest BCUT2D eigenvalue weighted by Crippen LogP contribution is 2.27. The minimum atomic E-state index is -0.664. The Kier molecular flexibility index (Phi) is 6.02. The molecule has 1 fully saturated rings. The van der Waals surface area contributed by atoms with E-state index in [4.69, 9.17) is 26.8 Å². The summed E-state index contributed by atoms with van der Waals surface area (Å²) >= 11 is 6.14. The summed E-state index contributed by atoms with van der Waals surface area (Å²) in [5.74, 6) is 0.344. The van der Waals surface area contributed by atoms with Gasteiger partial charge in [0.2, 0.25) is 0 Å². The number of ether oxygens (including phenoxy) is 2. The first-order valence-corrected chi connectivity index (χ1v) is 7.57. The lowest BCUT2D eigenvalue weighted by Gasteiger charge is -2.16.